The Morgan fingerprint density at radius 1 is 1.40 bits per heavy atom. The van der Waals surface area contributed by atoms with Crippen LogP contribution in [0.2, 0.25) is 0 Å². The average molecular weight is 213 g/mol. The van der Waals surface area contributed by atoms with Gasteiger partial charge in [-0.3, -0.25) is 4.79 Å². The third-order valence-corrected chi connectivity index (χ3v) is 4.21. The van der Waals surface area contributed by atoms with E-state index >= 15 is 0 Å². The third-order valence-electron chi connectivity index (χ3n) is 4.21. The zero-order valence-corrected chi connectivity index (χ0v) is 10.5. The van der Waals surface area contributed by atoms with Crippen molar-refractivity contribution in [2.45, 2.75) is 46.1 Å². The number of carboxylic acid groups (broad SMARTS) is 1. The quantitative estimate of drug-likeness (QED) is 0.764. The molecule has 0 aliphatic carbocycles. The summed E-state index contributed by atoms with van der Waals surface area (Å²) >= 11 is 0. The Kier molecular flexibility index (Phi) is 3.15. The Morgan fingerprint density at radius 2 is 1.93 bits per heavy atom. The molecule has 0 aromatic rings. The van der Waals surface area contributed by atoms with Crippen molar-refractivity contribution < 1.29 is 9.90 Å². The third kappa shape index (κ3) is 2.03. The molecule has 1 N–H and O–H groups in total. The molecule has 1 unspecified atom stereocenters. The molecule has 0 radical (unpaired) electrons. The van der Waals surface area contributed by atoms with Crippen LogP contribution in [-0.2, 0) is 4.79 Å². The van der Waals surface area contributed by atoms with Crippen LogP contribution in [0, 0.1) is 11.3 Å². The molecule has 0 amide bonds. The molecule has 0 aromatic carbocycles. The molecule has 0 bridgehead atoms. The van der Waals surface area contributed by atoms with Crippen molar-refractivity contribution >= 4 is 5.97 Å². The maximum absolute atomic E-state index is 11.5. The summed E-state index contributed by atoms with van der Waals surface area (Å²) in [4.78, 5) is 13.8. The number of carboxylic acids is 1. The van der Waals surface area contributed by atoms with Crippen molar-refractivity contribution in [3.05, 3.63) is 0 Å². The number of nitrogens with zero attached hydrogens (tertiary/aromatic N) is 1. The lowest BCUT2D eigenvalue weighted by Gasteiger charge is -2.50. The van der Waals surface area contributed by atoms with Gasteiger partial charge < -0.3 is 10.0 Å². The molecule has 1 aliphatic rings. The van der Waals surface area contributed by atoms with E-state index < -0.39 is 11.4 Å². The topological polar surface area (TPSA) is 40.5 Å². The molecule has 1 atom stereocenters. The van der Waals surface area contributed by atoms with Crippen LogP contribution < -0.4 is 0 Å². The minimum Gasteiger partial charge on any atom is -0.481 e. The van der Waals surface area contributed by atoms with Gasteiger partial charge in [-0.2, -0.15) is 0 Å². The van der Waals surface area contributed by atoms with Gasteiger partial charge in [-0.1, -0.05) is 13.8 Å². The van der Waals surface area contributed by atoms with E-state index in [1.165, 1.54) is 0 Å². The van der Waals surface area contributed by atoms with Crippen molar-refractivity contribution in [2.24, 2.45) is 11.3 Å². The first-order valence-electron chi connectivity index (χ1n) is 5.67. The van der Waals surface area contributed by atoms with E-state index in [9.17, 15) is 9.90 Å². The van der Waals surface area contributed by atoms with Gasteiger partial charge in [-0.05, 0) is 46.2 Å². The van der Waals surface area contributed by atoms with Gasteiger partial charge in [0.2, 0.25) is 0 Å². The second-order valence-electron chi connectivity index (χ2n) is 5.78. The molecule has 1 rings (SSSR count). The fourth-order valence-corrected chi connectivity index (χ4v) is 2.59. The monoisotopic (exact) mass is 213 g/mol. The smallest absolute Gasteiger partial charge is 0.310 e. The highest BCUT2D eigenvalue weighted by molar-refractivity contribution is 5.75. The predicted molar refractivity (Wildman–Crippen MR) is 60.8 cm³/mol. The summed E-state index contributed by atoms with van der Waals surface area (Å²) in [6.07, 6.45) is 1.50. The number of rotatable bonds is 2. The summed E-state index contributed by atoms with van der Waals surface area (Å²) in [5.74, 6) is -0.429. The first kappa shape index (κ1) is 12.5. The summed E-state index contributed by atoms with van der Waals surface area (Å²) in [6.45, 7) is 9.18. The molecule has 0 spiro atoms. The van der Waals surface area contributed by atoms with E-state index in [0.717, 1.165) is 19.4 Å². The van der Waals surface area contributed by atoms with Crippen LogP contribution in [0.15, 0.2) is 0 Å². The normalized spacial score (nSPS) is 31.9. The van der Waals surface area contributed by atoms with E-state index in [1.807, 2.05) is 13.8 Å². The standard InChI is InChI=1S/C12H23NO2/c1-9(2)12(10(14)15)6-7-13(5)11(3,4)8-12/h9H,6-8H2,1-5H3,(H,14,15). The lowest BCUT2D eigenvalue weighted by Crippen LogP contribution is -2.55. The maximum atomic E-state index is 11.5. The molecule has 3 heteroatoms. The first-order chi connectivity index (χ1) is 6.72. The van der Waals surface area contributed by atoms with Crippen LogP contribution in [-0.4, -0.2) is 35.1 Å². The van der Waals surface area contributed by atoms with Crippen LogP contribution in [0.5, 0.6) is 0 Å². The Bertz CT molecular complexity index is 260. The highest BCUT2D eigenvalue weighted by Gasteiger charge is 2.49. The molecule has 1 heterocycles. The van der Waals surface area contributed by atoms with Gasteiger partial charge in [-0.15, -0.1) is 0 Å². The molecule has 0 aromatic heterocycles. The largest absolute Gasteiger partial charge is 0.481 e. The van der Waals surface area contributed by atoms with Gasteiger partial charge in [-0.25, -0.2) is 0 Å². The Labute approximate surface area is 92.5 Å². The summed E-state index contributed by atoms with van der Waals surface area (Å²) in [7, 11) is 2.08. The number of piperidine rings is 1. The second kappa shape index (κ2) is 3.78. The molecular weight excluding hydrogens is 190 g/mol. The number of hydrogen-bond donors (Lipinski definition) is 1. The molecular formula is C12H23NO2. The van der Waals surface area contributed by atoms with E-state index in [1.54, 1.807) is 0 Å². The number of likely N-dealkylation sites (tertiary alicyclic amines) is 1. The fourth-order valence-electron chi connectivity index (χ4n) is 2.59. The summed E-state index contributed by atoms with van der Waals surface area (Å²) in [5, 5.41) is 9.46. The Hall–Kier alpha value is -0.570. The van der Waals surface area contributed by atoms with Gasteiger partial charge in [0, 0.05) is 5.54 Å². The van der Waals surface area contributed by atoms with Crippen molar-refractivity contribution in [3.63, 3.8) is 0 Å². The number of carbonyl (C=O) groups is 1. The SMILES string of the molecule is CC(C)C1(C(=O)O)CCN(C)C(C)(C)C1. The highest BCUT2D eigenvalue weighted by atomic mass is 16.4. The molecule has 3 nitrogen and oxygen atoms in total. The van der Waals surface area contributed by atoms with Crippen LogP contribution in [0.25, 0.3) is 0 Å². The van der Waals surface area contributed by atoms with Gasteiger partial charge in [0.15, 0.2) is 0 Å². The van der Waals surface area contributed by atoms with E-state index in [2.05, 4.69) is 25.8 Å². The van der Waals surface area contributed by atoms with Crippen molar-refractivity contribution in [2.75, 3.05) is 13.6 Å². The molecule has 15 heavy (non-hydrogen) atoms. The van der Waals surface area contributed by atoms with Crippen molar-refractivity contribution in [3.8, 4) is 0 Å². The van der Waals surface area contributed by atoms with Gasteiger partial charge in [0.1, 0.15) is 0 Å². The molecule has 1 fully saturated rings. The van der Waals surface area contributed by atoms with Gasteiger partial charge in [0.25, 0.3) is 0 Å². The molecule has 0 saturated carbocycles. The lowest BCUT2D eigenvalue weighted by molar-refractivity contribution is -0.159. The fraction of sp³-hybridized carbons (Fsp3) is 0.917. The first-order valence-corrected chi connectivity index (χ1v) is 5.67. The van der Waals surface area contributed by atoms with Crippen molar-refractivity contribution in [1.82, 2.24) is 4.90 Å². The highest BCUT2D eigenvalue weighted by Crippen LogP contribution is 2.45. The minimum atomic E-state index is -0.626. The molecule has 88 valence electrons. The Morgan fingerprint density at radius 3 is 2.27 bits per heavy atom. The predicted octanol–water partition coefficient (Wildman–Crippen LogP) is 2.22. The zero-order chi connectivity index (χ0) is 11.9. The lowest BCUT2D eigenvalue weighted by atomic mass is 9.64. The minimum absolute atomic E-state index is 0.0130. The zero-order valence-electron chi connectivity index (χ0n) is 10.5. The van der Waals surface area contributed by atoms with Crippen molar-refractivity contribution in [1.29, 1.82) is 0 Å². The summed E-state index contributed by atoms with van der Waals surface area (Å²) < 4.78 is 0. The molecule has 1 aliphatic heterocycles. The summed E-state index contributed by atoms with van der Waals surface area (Å²) in [6, 6.07) is 0. The van der Waals surface area contributed by atoms with Crippen LogP contribution in [0.1, 0.15) is 40.5 Å². The summed E-state index contributed by atoms with van der Waals surface area (Å²) in [5.41, 5.74) is -0.545. The van der Waals surface area contributed by atoms with E-state index in [-0.39, 0.29) is 11.5 Å². The molecule has 1 saturated heterocycles. The van der Waals surface area contributed by atoms with Gasteiger partial charge in [0.05, 0.1) is 5.41 Å². The maximum Gasteiger partial charge on any atom is 0.310 e. The van der Waals surface area contributed by atoms with Crippen LogP contribution >= 0.6 is 0 Å². The van der Waals surface area contributed by atoms with Crippen LogP contribution in [0.4, 0.5) is 0 Å². The van der Waals surface area contributed by atoms with Crippen LogP contribution in [0.3, 0.4) is 0 Å². The van der Waals surface area contributed by atoms with Gasteiger partial charge >= 0.3 is 5.97 Å². The second-order valence-corrected chi connectivity index (χ2v) is 5.78. The Balaban J connectivity index is 2.99. The van der Waals surface area contributed by atoms with E-state index in [0.29, 0.717) is 0 Å². The number of aliphatic carboxylic acids is 1. The van der Waals surface area contributed by atoms with E-state index in [4.69, 9.17) is 0 Å². The number of hydrogen-bond acceptors (Lipinski definition) is 2. The average Bonchev–Trinajstić information content (AvgIpc) is 2.08.